The molecule has 1 aliphatic heterocycles. The van der Waals surface area contributed by atoms with Crippen LogP contribution in [0, 0.1) is 5.92 Å². The number of rotatable bonds is 6. The van der Waals surface area contributed by atoms with Crippen molar-refractivity contribution >= 4 is 38.5 Å². The Balaban J connectivity index is 1.67. The van der Waals surface area contributed by atoms with Crippen LogP contribution in [0.4, 0.5) is 24.7 Å². The summed E-state index contributed by atoms with van der Waals surface area (Å²) in [5, 5.41) is 2.45. The van der Waals surface area contributed by atoms with E-state index in [-0.39, 0.29) is 45.8 Å². The normalized spacial score (nSPS) is 15.3. The fraction of sp³-hybridized carbons (Fsp3) is 0.409. The molecule has 3 heterocycles. The maximum atomic E-state index is 13.8. The number of benzene rings is 1. The molecule has 35 heavy (non-hydrogen) atoms. The van der Waals surface area contributed by atoms with E-state index >= 15 is 0 Å². The molecule has 1 N–H and O–H groups in total. The van der Waals surface area contributed by atoms with Crippen molar-refractivity contribution in [1.29, 1.82) is 0 Å². The summed E-state index contributed by atoms with van der Waals surface area (Å²) >= 11 is 0. The molecule has 1 amide bonds. The van der Waals surface area contributed by atoms with Gasteiger partial charge in [0, 0.05) is 39.9 Å². The average Bonchev–Trinajstić information content (AvgIpc) is 3.17. The van der Waals surface area contributed by atoms with Gasteiger partial charge in [-0.1, -0.05) is 0 Å². The Morgan fingerprint density at radius 3 is 2.54 bits per heavy atom. The van der Waals surface area contributed by atoms with Crippen LogP contribution in [-0.2, 0) is 32.3 Å². The fourth-order valence-corrected chi connectivity index (χ4v) is 5.12. The predicted octanol–water partition coefficient (Wildman–Crippen LogP) is 3.66. The van der Waals surface area contributed by atoms with Gasteiger partial charge in [0.25, 0.3) is 10.0 Å². The number of alkyl halides is 3. The molecule has 188 valence electrons. The molecule has 2 aromatic heterocycles. The van der Waals surface area contributed by atoms with Crippen molar-refractivity contribution in [3.63, 3.8) is 0 Å². The standard InChI is InChI=1S/C22H24F3N5O4S/c1-14(31)27-20-6-4-17(12-26-20)35(32,33)29(2)16-3-5-19-18(11-16)28-21(22(23,24)25)30(19)13-15-7-9-34-10-8-15/h3-6,11-12,15H,7-10,13H2,1-2H3,(H,26,27,31). The molecular formula is C22H24F3N5O4S. The van der Waals surface area contributed by atoms with Crippen molar-refractivity contribution in [3.8, 4) is 0 Å². The van der Waals surface area contributed by atoms with E-state index in [1.807, 2.05) is 0 Å². The first-order chi connectivity index (χ1) is 16.5. The molecule has 0 saturated carbocycles. The highest BCUT2D eigenvalue weighted by Gasteiger charge is 2.38. The Bertz CT molecular complexity index is 1330. The van der Waals surface area contributed by atoms with E-state index in [0.29, 0.717) is 26.1 Å². The van der Waals surface area contributed by atoms with Crippen LogP contribution >= 0.6 is 0 Å². The highest BCUT2D eigenvalue weighted by atomic mass is 32.2. The molecule has 0 atom stereocenters. The zero-order valence-electron chi connectivity index (χ0n) is 19.0. The molecule has 1 fully saturated rings. The van der Waals surface area contributed by atoms with Crippen molar-refractivity contribution in [2.75, 3.05) is 29.9 Å². The minimum Gasteiger partial charge on any atom is -0.381 e. The first-order valence-electron chi connectivity index (χ1n) is 10.8. The number of hydrogen-bond donors (Lipinski definition) is 1. The highest BCUT2D eigenvalue weighted by molar-refractivity contribution is 7.92. The third-order valence-corrected chi connectivity index (χ3v) is 7.60. The first-order valence-corrected chi connectivity index (χ1v) is 12.3. The maximum absolute atomic E-state index is 13.8. The van der Waals surface area contributed by atoms with E-state index in [2.05, 4.69) is 15.3 Å². The van der Waals surface area contributed by atoms with Gasteiger partial charge in [-0.3, -0.25) is 9.10 Å². The number of pyridine rings is 1. The molecule has 0 bridgehead atoms. The zero-order valence-corrected chi connectivity index (χ0v) is 19.9. The van der Waals surface area contributed by atoms with Gasteiger partial charge in [0.1, 0.15) is 10.7 Å². The van der Waals surface area contributed by atoms with Crippen LogP contribution < -0.4 is 9.62 Å². The zero-order chi connectivity index (χ0) is 25.4. The molecule has 1 saturated heterocycles. The smallest absolute Gasteiger partial charge is 0.381 e. The van der Waals surface area contributed by atoms with Crippen molar-refractivity contribution in [2.45, 2.75) is 37.4 Å². The van der Waals surface area contributed by atoms with Crippen LogP contribution in [0.25, 0.3) is 11.0 Å². The lowest BCUT2D eigenvalue weighted by molar-refractivity contribution is -0.147. The van der Waals surface area contributed by atoms with E-state index in [0.717, 1.165) is 15.1 Å². The van der Waals surface area contributed by atoms with Gasteiger partial charge in [0.05, 0.1) is 16.7 Å². The van der Waals surface area contributed by atoms with Gasteiger partial charge in [0.2, 0.25) is 11.7 Å². The number of nitrogens with one attached hydrogen (secondary N) is 1. The van der Waals surface area contributed by atoms with Crippen molar-refractivity contribution in [2.24, 2.45) is 5.92 Å². The summed E-state index contributed by atoms with van der Waals surface area (Å²) in [5.41, 5.74) is 0.468. The Morgan fingerprint density at radius 2 is 1.94 bits per heavy atom. The number of aromatic nitrogens is 3. The van der Waals surface area contributed by atoms with Crippen LogP contribution in [-0.4, -0.2) is 49.1 Å². The topological polar surface area (TPSA) is 106 Å². The van der Waals surface area contributed by atoms with Crippen LogP contribution in [0.2, 0.25) is 0 Å². The Hall–Kier alpha value is -3.19. The molecule has 0 radical (unpaired) electrons. The number of halogens is 3. The SMILES string of the molecule is CC(=O)Nc1ccc(S(=O)(=O)N(C)c2ccc3c(c2)nc(C(F)(F)F)n3CC2CCOCC2)cn1. The van der Waals surface area contributed by atoms with Gasteiger partial charge in [-0.15, -0.1) is 0 Å². The molecule has 3 aromatic rings. The number of anilines is 2. The Morgan fingerprint density at radius 1 is 1.23 bits per heavy atom. The van der Waals surface area contributed by atoms with Crippen LogP contribution in [0.5, 0.6) is 0 Å². The molecule has 0 aliphatic carbocycles. The summed E-state index contributed by atoms with van der Waals surface area (Å²) in [6.45, 7) is 2.46. The third kappa shape index (κ3) is 5.25. The summed E-state index contributed by atoms with van der Waals surface area (Å²) in [6, 6.07) is 6.85. The number of carbonyl (C=O) groups is 1. The predicted molar refractivity (Wildman–Crippen MR) is 122 cm³/mol. The number of amides is 1. The second kappa shape index (κ2) is 9.46. The average molecular weight is 512 g/mol. The van der Waals surface area contributed by atoms with Gasteiger partial charge in [-0.2, -0.15) is 13.2 Å². The lowest BCUT2D eigenvalue weighted by atomic mass is 10.0. The summed E-state index contributed by atoms with van der Waals surface area (Å²) in [5.74, 6) is -1.15. The van der Waals surface area contributed by atoms with Crippen molar-refractivity contribution in [1.82, 2.24) is 14.5 Å². The van der Waals surface area contributed by atoms with Gasteiger partial charge in [-0.25, -0.2) is 18.4 Å². The van der Waals surface area contributed by atoms with Gasteiger partial charge >= 0.3 is 6.18 Å². The highest BCUT2D eigenvalue weighted by Crippen LogP contribution is 2.35. The van der Waals surface area contributed by atoms with E-state index in [9.17, 15) is 26.4 Å². The van der Waals surface area contributed by atoms with Gasteiger partial charge < -0.3 is 14.6 Å². The molecule has 0 spiro atoms. The number of nitrogens with zero attached hydrogens (tertiary/aromatic N) is 4. The molecule has 4 rings (SSSR count). The van der Waals surface area contributed by atoms with Crippen LogP contribution in [0.3, 0.4) is 0 Å². The number of fused-ring (bicyclic) bond motifs is 1. The summed E-state index contributed by atoms with van der Waals surface area (Å²) in [4.78, 5) is 18.7. The van der Waals surface area contributed by atoms with Crippen LogP contribution in [0.15, 0.2) is 41.4 Å². The number of sulfonamides is 1. The van der Waals surface area contributed by atoms with Crippen molar-refractivity contribution in [3.05, 3.63) is 42.4 Å². The summed E-state index contributed by atoms with van der Waals surface area (Å²) in [6.07, 6.45) is -2.25. The lowest BCUT2D eigenvalue weighted by Gasteiger charge is -2.24. The van der Waals surface area contributed by atoms with Crippen molar-refractivity contribution < 1.29 is 31.1 Å². The fourth-order valence-electron chi connectivity index (χ4n) is 3.99. The minimum atomic E-state index is -4.66. The molecule has 0 unspecified atom stereocenters. The largest absolute Gasteiger partial charge is 0.449 e. The Labute approximate surface area is 200 Å². The van der Waals surface area contributed by atoms with Gasteiger partial charge in [0.15, 0.2) is 0 Å². The number of imidazole rings is 1. The number of ether oxygens (including phenoxy) is 1. The van der Waals surface area contributed by atoms with Gasteiger partial charge in [-0.05, 0) is 49.1 Å². The molecule has 1 aliphatic rings. The Kier molecular flexibility index (Phi) is 6.73. The second-order valence-electron chi connectivity index (χ2n) is 8.31. The quantitative estimate of drug-likeness (QED) is 0.542. The van der Waals surface area contributed by atoms with E-state index in [1.165, 1.54) is 44.3 Å². The van der Waals surface area contributed by atoms with E-state index in [1.54, 1.807) is 0 Å². The molecular weight excluding hydrogens is 487 g/mol. The lowest BCUT2D eigenvalue weighted by Crippen LogP contribution is -2.26. The summed E-state index contributed by atoms with van der Waals surface area (Å²) in [7, 11) is -2.78. The van der Waals surface area contributed by atoms with Crippen LogP contribution in [0.1, 0.15) is 25.6 Å². The maximum Gasteiger partial charge on any atom is 0.449 e. The molecule has 9 nitrogen and oxygen atoms in total. The third-order valence-electron chi connectivity index (χ3n) is 5.83. The number of hydrogen-bond acceptors (Lipinski definition) is 6. The minimum absolute atomic E-state index is 0.0259. The number of carbonyl (C=O) groups excluding carboxylic acids is 1. The van der Waals surface area contributed by atoms with E-state index in [4.69, 9.17) is 4.74 Å². The second-order valence-corrected chi connectivity index (χ2v) is 10.3. The van der Waals surface area contributed by atoms with E-state index < -0.39 is 22.0 Å². The monoisotopic (exact) mass is 511 g/mol. The molecule has 13 heteroatoms. The first kappa shape index (κ1) is 24.9. The molecule has 1 aromatic carbocycles. The summed E-state index contributed by atoms with van der Waals surface area (Å²) < 4.78 is 74.9.